The van der Waals surface area contributed by atoms with Crippen molar-refractivity contribution in [2.24, 2.45) is 11.8 Å². The van der Waals surface area contributed by atoms with Crippen molar-refractivity contribution in [1.82, 2.24) is 10.3 Å². The molecule has 2 fully saturated rings. The van der Waals surface area contributed by atoms with E-state index in [1.165, 1.54) is 49.8 Å². The predicted octanol–water partition coefficient (Wildman–Crippen LogP) is 3.66. The lowest BCUT2D eigenvalue weighted by Gasteiger charge is -2.35. The highest BCUT2D eigenvalue weighted by atomic mass is 14.9. The van der Waals surface area contributed by atoms with Crippen LogP contribution in [0.5, 0.6) is 0 Å². The van der Waals surface area contributed by atoms with Crippen LogP contribution in [0.3, 0.4) is 0 Å². The van der Waals surface area contributed by atoms with E-state index < -0.39 is 0 Å². The van der Waals surface area contributed by atoms with E-state index in [9.17, 15) is 0 Å². The van der Waals surface area contributed by atoms with E-state index in [1.807, 2.05) is 6.20 Å². The van der Waals surface area contributed by atoms with Crippen molar-refractivity contribution in [3.05, 3.63) is 29.6 Å². The number of pyridine rings is 1. The van der Waals surface area contributed by atoms with Crippen molar-refractivity contribution < 1.29 is 0 Å². The molecule has 2 nitrogen and oxygen atoms in total. The summed E-state index contributed by atoms with van der Waals surface area (Å²) in [5, 5.41) is 3.74. The van der Waals surface area contributed by atoms with Crippen LogP contribution in [-0.2, 0) is 0 Å². The first-order valence-electron chi connectivity index (χ1n) is 7.87. The van der Waals surface area contributed by atoms with Crippen LogP contribution in [0.4, 0.5) is 0 Å². The molecule has 3 rings (SSSR count). The van der Waals surface area contributed by atoms with Crippen molar-refractivity contribution in [3.63, 3.8) is 0 Å². The molecule has 3 unspecified atom stereocenters. The average molecular weight is 258 g/mol. The first-order chi connectivity index (χ1) is 9.22. The highest BCUT2D eigenvalue weighted by molar-refractivity contribution is 5.22. The molecule has 0 amide bonds. The first kappa shape index (κ1) is 13.1. The maximum atomic E-state index is 4.41. The van der Waals surface area contributed by atoms with Crippen LogP contribution in [-0.4, -0.2) is 17.6 Å². The summed E-state index contributed by atoms with van der Waals surface area (Å²) >= 11 is 0. The standard InChI is InChI=1S/C17H26N2/c1-12-3-4-14(11-19-16-5-6-16)17(8-12)15-7-13(2)9-18-10-15/h7,9-10,12,14,16-17,19H,3-6,8,11H2,1-2H3. The zero-order chi connectivity index (χ0) is 13.2. The Hall–Kier alpha value is -0.890. The van der Waals surface area contributed by atoms with E-state index in [-0.39, 0.29) is 0 Å². The molecule has 0 aliphatic heterocycles. The van der Waals surface area contributed by atoms with Gasteiger partial charge in [-0.25, -0.2) is 0 Å². The van der Waals surface area contributed by atoms with Crippen LogP contribution >= 0.6 is 0 Å². The number of aromatic nitrogens is 1. The van der Waals surface area contributed by atoms with Gasteiger partial charge in [-0.2, -0.15) is 0 Å². The zero-order valence-electron chi connectivity index (χ0n) is 12.2. The second-order valence-electron chi connectivity index (χ2n) is 6.76. The second-order valence-corrected chi connectivity index (χ2v) is 6.76. The van der Waals surface area contributed by atoms with Gasteiger partial charge in [0, 0.05) is 18.4 Å². The number of rotatable bonds is 4. The predicted molar refractivity (Wildman–Crippen MR) is 79.2 cm³/mol. The summed E-state index contributed by atoms with van der Waals surface area (Å²) in [5.74, 6) is 2.38. The fraction of sp³-hybridized carbons (Fsp3) is 0.706. The molecule has 1 aromatic heterocycles. The number of nitrogens with one attached hydrogen (secondary N) is 1. The largest absolute Gasteiger partial charge is 0.314 e. The Morgan fingerprint density at radius 1 is 1.21 bits per heavy atom. The van der Waals surface area contributed by atoms with Crippen LogP contribution in [0, 0.1) is 18.8 Å². The van der Waals surface area contributed by atoms with Crippen molar-refractivity contribution in [2.45, 2.75) is 57.9 Å². The number of hydrogen-bond donors (Lipinski definition) is 1. The highest BCUT2D eigenvalue weighted by Gasteiger charge is 2.31. The van der Waals surface area contributed by atoms with Gasteiger partial charge in [-0.1, -0.05) is 19.4 Å². The third-order valence-corrected chi connectivity index (χ3v) is 4.83. The van der Waals surface area contributed by atoms with Crippen molar-refractivity contribution >= 4 is 0 Å². The van der Waals surface area contributed by atoms with Gasteiger partial charge in [-0.3, -0.25) is 4.98 Å². The van der Waals surface area contributed by atoms with Gasteiger partial charge in [0.25, 0.3) is 0 Å². The van der Waals surface area contributed by atoms with Crippen LogP contribution in [0.2, 0.25) is 0 Å². The molecule has 2 aliphatic rings. The van der Waals surface area contributed by atoms with Gasteiger partial charge in [-0.15, -0.1) is 0 Å². The van der Waals surface area contributed by atoms with Crippen molar-refractivity contribution in [2.75, 3.05) is 6.54 Å². The summed E-state index contributed by atoms with van der Waals surface area (Å²) in [6.45, 7) is 5.76. The maximum Gasteiger partial charge on any atom is 0.0303 e. The normalized spacial score (nSPS) is 31.4. The third kappa shape index (κ3) is 3.36. The molecule has 1 aromatic rings. The molecule has 0 saturated heterocycles. The van der Waals surface area contributed by atoms with Crippen LogP contribution < -0.4 is 5.32 Å². The van der Waals surface area contributed by atoms with Crippen LogP contribution in [0.15, 0.2) is 18.5 Å². The third-order valence-electron chi connectivity index (χ3n) is 4.83. The highest BCUT2D eigenvalue weighted by Crippen LogP contribution is 2.40. The molecule has 1 N–H and O–H groups in total. The molecule has 2 heteroatoms. The Balaban J connectivity index is 1.72. The van der Waals surface area contributed by atoms with Gasteiger partial charge in [0.1, 0.15) is 0 Å². The van der Waals surface area contributed by atoms with Crippen molar-refractivity contribution in [1.29, 1.82) is 0 Å². The molecular formula is C17H26N2. The minimum atomic E-state index is 0.711. The molecule has 19 heavy (non-hydrogen) atoms. The average Bonchev–Trinajstić information content (AvgIpc) is 3.21. The SMILES string of the molecule is Cc1cncc(C2CC(C)CCC2CNC2CC2)c1. The first-order valence-corrected chi connectivity index (χ1v) is 7.87. The molecule has 0 bridgehead atoms. The summed E-state index contributed by atoms with van der Waals surface area (Å²) in [5.41, 5.74) is 2.76. The summed E-state index contributed by atoms with van der Waals surface area (Å²) in [7, 11) is 0. The van der Waals surface area contributed by atoms with E-state index in [2.05, 4.69) is 36.4 Å². The number of hydrogen-bond acceptors (Lipinski definition) is 2. The molecule has 1 heterocycles. The Labute approximate surface area is 117 Å². The summed E-state index contributed by atoms with van der Waals surface area (Å²) < 4.78 is 0. The molecule has 2 aliphatic carbocycles. The smallest absolute Gasteiger partial charge is 0.0303 e. The quantitative estimate of drug-likeness (QED) is 0.891. The molecule has 104 valence electrons. The lowest BCUT2D eigenvalue weighted by atomic mass is 9.72. The van der Waals surface area contributed by atoms with Gasteiger partial charge >= 0.3 is 0 Å². The van der Waals surface area contributed by atoms with Gasteiger partial charge in [-0.05, 0) is 68.0 Å². The Morgan fingerprint density at radius 3 is 2.79 bits per heavy atom. The van der Waals surface area contributed by atoms with E-state index >= 15 is 0 Å². The monoisotopic (exact) mass is 258 g/mol. The molecule has 0 radical (unpaired) electrons. The van der Waals surface area contributed by atoms with Gasteiger partial charge in [0.05, 0.1) is 0 Å². The Bertz CT molecular complexity index is 425. The summed E-state index contributed by atoms with van der Waals surface area (Å²) in [6, 6.07) is 3.18. The van der Waals surface area contributed by atoms with Crippen LogP contribution in [0.1, 0.15) is 56.1 Å². The topological polar surface area (TPSA) is 24.9 Å². The van der Waals surface area contributed by atoms with Crippen LogP contribution in [0.25, 0.3) is 0 Å². The Kier molecular flexibility index (Phi) is 3.88. The molecule has 3 atom stereocenters. The fourth-order valence-corrected chi connectivity index (χ4v) is 3.48. The van der Waals surface area contributed by atoms with E-state index in [0.29, 0.717) is 5.92 Å². The summed E-state index contributed by atoms with van der Waals surface area (Å²) in [4.78, 5) is 4.41. The van der Waals surface area contributed by atoms with Gasteiger partial charge in [0.2, 0.25) is 0 Å². The molecule has 0 aromatic carbocycles. The minimum Gasteiger partial charge on any atom is -0.314 e. The fourth-order valence-electron chi connectivity index (χ4n) is 3.48. The second kappa shape index (κ2) is 5.62. The maximum absolute atomic E-state index is 4.41. The van der Waals surface area contributed by atoms with E-state index in [4.69, 9.17) is 0 Å². The molecular weight excluding hydrogens is 232 g/mol. The molecule has 0 spiro atoms. The van der Waals surface area contributed by atoms with E-state index in [0.717, 1.165) is 17.9 Å². The molecule has 2 saturated carbocycles. The number of aryl methyl sites for hydroxylation is 1. The summed E-state index contributed by atoms with van der Waals surface area (Å²) in [6.07, 6.45) is 10.9. The van der Waals surface area contributed by atoms with E-state index in [1.54, 1.807) is 0 Å². The van der Waals surface area contributed by atoms with Crippen molar-refractivity contribution in [3.8, 4) is 0 Å². The minimum absolute atomic E-state index is 0.711. The van der Waals surface area contributed by atoms with Gasteiger partial charge in [0.15, 0.2) is 0 Å². The number of nitrogens with zero attached hydrogens (tertiary/aromatic N) is 1. The Morgan fingerprint density at radius 2 is 2.05 bits per heavy atom. The zero-order valence-corrected chi connectivity index (χ0v) is 12.2. The lowest BCUT2D eigenvalue weighted by Crippen LogP contribution is -2.32. The van der Waals surface area contributed by atoms with Gasteiger partial charge < -0.3 is 5.32 Å². The lowest BCUT2D eigenvalue weighted by molar-refractivity contribution is 0.241.